The van der Waals surface area contributed by atoms with E-state index in [-0.39, 0.29) is 16.8 Å². The van der Waals surface area contributed by atoms with Crippen LogP contribution in [0.25, 0.3) is 0 Å². The molecule has 2 N–H and O–H groups in total. The fraction of sp³-hybridized carbons (Fsp3) is 0.458. The summed E-state index contributed by atoms with van der Waals surface area (Å²) >= 11 is 0. The minimum atomic E-state index is -3.55. The maximum Gasteiger partial charge on any atom is 0.251 e. The Bertz CT molecular complexity index is 998. The van der Waals surface area contributed by atoms with Gasteiger partial charge in [0.05, 0.1) is 4.90 Å². The summed E-state index contributed by atoms with van der Waals surface area (Å²) in [7, 11) is -3.55. The van der Waals surface area contributed by atoms with Gasteiger partial charge in [-0.2, -0.15) is 0 Å². The second-order valence-electron chi connectivity index (χ2n) is 8.58. The largest absolute Gasteiger partial charge is 0.369 e. The van der Waals surface area contributed by atoms with Crippen LogP contribution in [0.1, 0.15) is 36.2 Å². The van der Waals surface area contributed by atoms with E-state index >= 15 is 0 Å². The lowest BCUT2D eigenvalue weighted by molar-refractivity contribution is 0.0951. The number of rotatable bonds is 9. The number of nitrogens with one attached hydrogen (secondary N) is 2. The van der Waals surface area contributed by atoms with Gasteiger partial charge in [0.1, 0.15) is 0 Å². The Morgan fingerprint density at radius 3 is 2.34 bits per heavy atom. The number of carbonyl (C=O) groups is 1. The van der Waals surface area contributed by atoms with Gasteiger partial charge in [0, 0.05) is 50.0 Å². The molecule has 0 spiro atoms. The van der Waals surface area contributed by atoms with Gasteiger partial charge in [-0.05, 0) is 75.7 Å². The number of nitrogens with zero attached hydrogens (tertiary/aromatic N) is 2. The Morgan fingerprint density at radius 2 is 1.72 bits per heavy atom. The Labute approximate surface area is 191 Å². The lowest BCUT2D eigenvalue weighted by atomic mass is 10.2. The van der Waals surface area contributed by atoms with Gasteiger partial charge in [-0.1, -0.05) is 12.1 Å². The standard InChI is InChI=1S/C24H34N4O3S/c1-19(2)26-32(30,31)23-10-8-21(9-11-23)24(29)25-12-5-13-27-14-16-28(17-15-27)22-7-4-6-20(3)18-22/h4,6-11,18-19,26H,5,12-17H2,1-3H3,(H,25,29). The molecule has 0 bridgehead atoms. The van der Waals surface area contributed by atoms with Gasteiger partial charge in [-0.15, -0.1) is 0 Å². The van der Waals surface area contributed by atoms with E-state index in [0.717, 1.165) is 39.1 Å². The molecule has 0 aliphatic carbocycles. The second-order valence-corrected chi connectivity index (χ2v) is 10.3. The summed E-state index contributed by atoms with van der Waals surface area (Å²) in [5, 5.41) is 2.93. The maximum absolute atomic E-state index is 12.4. The smallest absolute Gasteiger partial charge is 0.251 e. The summed E-state index contributed by atoms with van der Waals surface area (Å²) in [6, 6.07) is 14.5. The Hall–Kier alpha value is -2.42. The van der Waals surface area contributed by atoms with Crippen LogP contribution in [0.5, 0.6) is 0 Å². The van der Waals surface area contributed by atoms with Gasteiger partial charge in [-0.3, -0.25) is 9.69 Å². The lowest BCUT2D eigenvalue weighted by Gasteiger charge is -2.36. The number of benzene rings is 2. The van der Waals surface area contributed by atoms with E-state index < -0.39 is 10.0 Å². The molecule has 3 rings (SSSR count). The number of hydrogen-bond donors (Lipinski definition) is 2. The number of anilines is 1. The first-order valence-corrected chi connectivity index (χ1v) is 12.7. The molecule has 1 heterocycles. The number of sulfonamides is 1. The zero-order valence-corrected chi connectivity index (χ0v) is 20.0. The molecule has 1 amide bonds. The number of carbonyl (C=O) groups excluding carboxylic acids is 1. The van der Waals surface area contributed by atoms with E-state index in [0.29, 0.717) is 12.1 Å². The SMILES string of the molecule is Cc1cccc(N2CCN(CCCNC(=O)c3ccc(S(=O)(=O)NC(C)C)cc3)CC2)c1. The molecule has 0 saturated carbocycles. The fourth-order valence-corrected chi connectivity index (χ4v) is 5.08. The molecule has 1 aliphatic rings. The molecule has 8 heteroatoms. The van der Waals surface area contributed by atoms with Crippen LogP contribution in [0.15, 0.2) is 53.4 Å². The highest BCUT2D eigenvalue weighted by atomic mass is 32.2. The van der Waals surface area contributed by atoms with Crippen LogP contribution in [0, 0.1) is 6.92 Å². The van der Waals surface area contributed by atoms with Crippen molar-refractivity contribution in [2.24, 2.45) is 0 Å². The van der Waals surface area contributed by atoms with Gasteiger partial charge in [0.15, 0.2) is 0 Å². The van der Waals surface area contributed by atoms with Crippen molar-refractivity contribution in [2.75, 3.05) is 44.2 Å². The second kappa shape index (κ2) is 10.9. The lowest BCUT2D eigenvalue weighted by Crippen LogP contribution is -2.47. The quantitative estimate of drug-likeness (QED) is 0.565. The van der Waals surface area contributed by atoms with Crippen molar-refractivity contribution in [3.63, 3.8) is 0 Å². The third kappa shape index (κ3) is 6.79. The summed E-state index contributed by atoms with van der Waals surface area (Å²) in [6.07, 6.45) is 0.876. The number of hydrogen-bond acceptors (Lipinski definition) is 5. The molecule has 2 aromatic carbocycles. The van der Waals surface area contributed by atoms with E-state index in [2.05, 4.69) is 51.0 Å². The molecular formula is C24H34N4O3S. The molecule has 1 fully saturated rings. The van der Waals surface area contributed by atoms with E-state index in [4.69, 9.17) is 0 Å². The van der Waals surface area contributed by atoms with Crippen LogP contribution in [-0.4, -0.2) is 64.5 Å². The molecule has 174 valence electrons. The Balaban J connectivity index is 1.38. The monoisotopic (exact) mass is 458 g/mol. The highest BCUT2D eigenvalue weighted by Gasteiger charge is 2.18. The fourth-order valence-electron chi connectivity index (χ4n) is 3.82. The van der Waals surface area contributed by atoms with Crippen molar-refractivity contribution in [2.45, 2.75) is 38.1 Å². The van der Waals surface area contributed by atoms with Crippen LogP contribution < -0.4 is 14.9 Å². The van der Waals surface area contributed by atoms with E-state index in [1.165, 1.54) is 23.4 Å². The van der Waals surface area contributed by atoms with Crippen LogP contribution in [0.3, 0.4) is 0 Å². The van der Waals surface area contributed by atoms with E-state index in [9.17, 15) is 13.2 Å². The van der Waals surface area contributed by atoms with Gasteiger partial charge in [0.25, 0.3) is 5.91 Å². The molecule has 0 atom stereocenters. The van der Waals surface area contributed by atoms with Crippen molar-refractivity contribution < 1.29 is 13.2 Å². The van der Waals surface area contributed by atoms with Crippen molar-refractivity contribution in [1.82, 2.24) is 14.9 Å². The third-order valence-electron chi connectivity index (χ3n) is 5.49. The maximum atomic E-state index is 12.4. The molecule has 32 heavy (non-hydrogen) atoms. The first kappa shape index (κ1) is 24.2. The summed E-state index contributed by atoms with van der Waals surface area (Å²) in [5.41, 5.74) is 3.03. The normalized spacial score (nSPS) is 15.2. The summed E-state index contributed by atoms with van der Waals surface area (Å²) < 4.78 is 26.9. The zero-order valence-electron chi connectivity index (χ0n) is 19.2. The molecular weight excluding hydrogens is 424 g/mol. The Kier molecular flexibility index (Phi) is 8.28. The topological polar surface area (TPSA) is 81.8 Å². The number of aryl methyl sites for hydroxylation is 1. The summed E-state index contributed by atoms with van der Waals surface area (Å²) in [6.45, 7) is 11.2. The molecule has 0 radical (unpaired) electrons. The highest BCUT2D eigenvalue weighted by Crippen LogP contribution is 2.18. The number of amides is 1. The van der Waals surface area contributed by atoms with Crippen LogP contribution in [0.4, 0.5) is 5.69 Å². The van der Waals surface area contributed by atoms with Gasteiger partial charge in [0.2, 0.25) is 10.0 Å². The molecule has 2 aromatic rings. The summed E-state index contributed by atoms with van der Waals surface area (Å²) in [4.78, 5) is 17.4. The van der Waals surface area contributed by atoms with Gasteiger partial charge >= 0.3 is 0 Å². The predicted molar refractivity (Wildman–Crippen MR) is 129 cm³/mol. The minimum absolute atomic E-state index is 0.160. The molecule has 1 aliphatic heterocycles. The van der Waals surface area contributed by atoms with Gasteiger partial charge in [-0.25, -0.2) is 13.1 Å². The minimum Gasteiger partial charge on any atom is -0.369 e. The molecule has 7 nitrogen and oxygen atoms in total. The van der Waals surface area contributed by atoms with Crippen molar-refractivity contribution in [3.8, 4) is 0 Å². The number of piperazine rings is 1. The van der Waals surface area contributed by atoms with Crippen molar-refractivity contribution in [1.29, 1.82) is 0 Å². The average molecular weight is 459 g/mol. The van der Waals surface area contributed by atoms with Crippen molar-refractivity contribution >= 4 is 21.6 Å². The van der Waals surface area contributed by atoms with Gasteiger partial charge < -0.3 is 10.2 Å². The molecule has 0 unspecified atom stereocenters. The van der Waals surface area contributed by atoms with E-state index in [1.807, 2.05) is 0 Å². The zero-order chi connectivity index (χ0) is 23.1. The molecule has 1 saturated heterocycles. The third-order valence-corrected chi connectivity index (χ3v) is 7.17. The Morgan fingerprint density at radius 1 is 1.03 bits per heavy atom. The van der Waals surface area contributed by atoms with E-state index in [1.54, 1.807) is 26.0 Å². The van der Waals surface area contributed by atoms with Crippen LogP contribution in [-0.2, 0) is 10.0 Å². The summed E-state index contributed by atoms with van der Waals surface area (Å²) in [5.74, 6) is -0.185. The van der Waals surface area contributed by atoms with Crippen LogP contribution >= 0.6 is 0 Å². The first-order chi connectivity index (χ1) is 15.2. The molecule has 0 aromatic heterocycles. The van der Waals surface area contributed by atoms with Crippen molar-refractivity contribution in [3.05, 3.63) is 59.7 Å². The van der Waals surface area contributed by atoms with Crippen LogP contribution in [0.2, 0.25) is 0 Å². The first-order valence-electron chi connectivity index (χ1n) is 11.2. The average Bonchev–Trinajstić information content (AvgIpc) is 2.76. The predicted octanol–water partition coefficient (Wildman–Crippen LogP) is 2.62. The highest BCUT2D eigenvalue weighted by molar-refractivity contribution is 7.89.